The van der Waals surface area contributed by atoms with Crippen LogP contribution in [0.4, 0.5) is 0 Å². The highest BCUT2D eigenvalue weighted by molar-refractivity contribution is 7.99. The number of thioether (sulfide) groups is 1. The van der Waals surface area contributed by atoms with Crippen molar-refractivity contribution in [3.63, 3.8) is 0 Å². The molecule has 2 aromatic rings. The number of carbonyl (C=O) groups is 2. The maximum Gasteiger partial charge on any atom is 0.375 e. The zero-order valence-corrected chi connectivity index (χ0v) is 17.4. The van der Waals surface area contributed by atoms with Crippen LogP contribution in [-0.4, -0.2) is 54.9 Å². The van der Waals surface area contributed by atoms with Crippen LogP contribution in [0.15, 0.2) is 28.7 Å². The maximum absolute atomic E-state index is 12.8. The van der Waals surface area contributed by atoms with E-state index in [9.17, 15) is 9.59 Å². The highest BCUT2D eigenvalue weighted by Crippen LogP contribution is 2.35. The minimum Gasteiger partial charge on any atom is -0.450 e. The van der Waals surface area contributed by atoms with Gasteiger partial charge >= 0.3 is 5.97 Å². The number of ether oxygens (including phenoxy) is 2. The number of rotatable bonds is 6. The molecule has 1 aromatic heterocycles. The number of para-hydroxylation sites is 1. The summed E-state index contributed by atoms with van der Waals surface area (Å²) in [4.78, 5) is 26.7. The average molecular weight is 418 g/mol. The van der Waals surface area contributed by atoms with Gasteiger partial charge in [-0.05, 0) is 18.9 Å². The fraction of sp³-hybridized carbons (Fsp3) is 0.545. The van der Waals surface area contributed by atoms with Crippen molar-refractivity contribution < 1.29 is 23.5 Å². The minimum atomic E-state index is -0.568. The van der Waals surface area contributed by atoms with E-state index in [0.717, 1.165) is 10.9 Å². The van der Waals surface area contributed by atoms with Gasteiger partial charge in [-0.15, -0.1) is 0 Å². The number of carbonyl (C=O) groups excluding carboxylic acids is 2. The van der Waals surface area contributed by atoms with Crippen LogP contribution in [-0.2, 0) is 20.0 Å². The molecule has 1 aromatic carbocycles. The number of benzene rings is 1. The van der Waals surface area contributed by atoms with Crippen LogP contribution >= 0.6 is 11.8 Å². The van der Waals surface area contributed by atoms with Crippen LogP contribution in [0, 0.1) is 0 Å². The molecule has 1 saturated heterocycles. The van der Waals surface area contributed by atoms with Gasteiger partial charge in [0.05, 0.1) is 13.2 Å². The van der Waals surface area contributed by atoms with Gasteiger partial charge in [0.15, 0.2) is 6.61 Å². The van der Waals surface area contributed by atoms with Crippen molar-refractivity contribution in [2.24, 2.45) is 0 Å². The monoisotopic (exact) mass is 417 g/mol. The first kappa shape index (κ1) is 20.3. The number of furan rings is 1. The van der Waals surface area contributed by atoms with Crippen molar-refractivity contribution in [2.75, 3.05) is 32.9 Å². The van der Waals surface area contributed by atoms with Crippen LogP contribution in [0.3, 0.4) is 0 Å². The second-order valence-corrected chi connectivity index (χ2v) is 8.83. The third-order valence-electron chi connectivity index (χ3n) is 5.59. The topological polar surface area (TPSA) is 69.0 Å². The Bertz CT molecular complexity index is 852. The SMILES string of the molecule is O=C(OCC(=O)N1CCOCC1)c1oc2ccccc2c1CSC1CCCCC1. The van der Waals surface area contributed by atoms with Gasteiger partial charge in [-0.25, -0.2) is 4.79 Å². The lowest BCUT2D eigenvalue weighted by atomic mass is 10.0. The molecule has 6 nitrogen and oxygen atoms in total. The molecule has 0 radical (unpaired) electrons. The summed E-state index contributed by atoms with van der Waals surface area (Å²) in [6.07, 6.45) is 6.34. The van der Waals surface area contributed by atoms with Crippen LogP contribution in [0.1, 0.15) is 48.2 Å². The largest absolute Gasteiger partial charge is 0.450 e. The van der Waals surface area contributed by atoms with Crippen LogP contribution in [0.5, 0.6) is 0 Å². The Labute approximate surface area is 174 Å². The summed E-state index contributed by atoms with van der Waals surface area (Å²) >= 11 is 1.89. The molecule has 1 amide bonds. The second-order valence-electron chi connectivity index (χ2n) is 7.55. The van der Waals surface area contributed by atoms with Crippen LogP contribution in [0.25, 0.3) is 11.0 Å². The van der Waals surface area contributed by atoms with E-state index in [1.54, 1.807) is 4.90 Å². The zero-order valence-electron chi connectivity index (χ0n) is 16.6. The Morgan fingerprint density at radius 3 is 2.66 bits per heavy atom. The third kappa shape index (κ3) is 4.95. The lowest BCUT2D eigenvalue weighted by Gasteiger charge is -2.26. The van der Waals surface area contributed by atoms with E-state index in [1.165, 1.54) is 32.1 Å². The first-order chi connectivity index (χ1) is 14.2. The van der Waals surface area contributed by atoms with E-state index in [2.05, 4.69) is 0 Å². The minimum absolute atomic E-state index is 0.198. The first-order valence-electron chi connectivity index (χ1n) is 10.4. The van der Waals surface area contributed by atoms with Gasteiger partial charge in [0.1, 0.15) is 5.58 Å². The summed E-state index contributed by atoms with van der Waals surface area (Å²) in [5.41, 5.74) is 1.55. The summed E-state index contributed by atoms with van der Waals surface area (Å²) in [6.45, 7) is 1.83. The summed E-state index contributed by atoms with van der Waals surface area (Å²) in [6, 6.07) is 7.68. The van der Waals surface area contributed by atoms with Crippen molar-refractivity contribution in [1.29, 1.82) is 0 Å². The lowest BCUT2D eigenvalue weighted by molar-refractivity contribution is -0.138. The molecule has 2 aliphatic rings. The number of fused-ring (bicyclic) bond motifs is 1. The predicted molar refractivity (Wildman–Crippen MR) is 112 cm³/mol. The van der Waals surface area contributed by atoms with Crippen molar-refractivity contribution >= 4 is 34.6 Å². The number of nitrogens with zero attached hydrogens (tertiary/aromatic N) is 1. The molecule has 0 bridgehead atoms. The van der Waals surface area contributed by atoms with Gasteiger partial charge in [-0.3, -0.25) is 4.79 Å². The molecule has 0 N–H and O–H groups in total. The highest BCUT2D eigenvalue weighted by atomic mass is 32.2. The Hall–Kier alpha value is -1.99. The smallest absolute Gasteiger partial charge is 0.375 e. The first-order valence-corrected chi connectivity index (χ1v) is 11.4. The van der Waals surface area contributed by atoms with Crippen LogP contribution < -0.4 is 0 Å². The average Bonchev–Trinajstić information content (AvgIpc) is 3.16. The molecular weight excluding hydrogens is 390 g/mol. The summed E-state index contributed by atoms with van der Waals surface area (Å²) in [5.74, 6) is 0.172. The standard InChI is InChI=1S/C22H27NO5S/c24-20(23-10-12-26-13-11-23)14-27-22(25)21-18(15-29-16-6-2-1-3-7-16)17-8-4-5-9-19(17)28-21/h4-5,8-9,16H,1-3,6-7,10-15H2. The normalized spacial score (nSPS) is 18.1. The summed E-state index contributed by atoms with van der Waals surface area (Å²) in [5, 5.41) is 1.58. The molecule has 1 saturated carbocycles. The Kier molecular flexibility index (Phi) is 6.77. The molecular formula is C22H27NO5S. The molecule has 4 rings (SSSR count). The van der Waals surface area contributed by atoms with Crippen molar-refractivity contribution in [1.82, 2.24) is 4.90 Å². The Balaban J connectivity index is 1.45. The van der Waals surface area contributed by atoms with Crippen molar-refractivity contribution in [3.05, 3.63) is 35.6 Å². The Morgan fingerprint density at radius 2 is 1.86 bits per heavy atom. The predicted octanol–water partition coefficient (Wildman–Crippen LogP) is 4.01. The summed E-state index contributed by atoms with van der Waals surface area (Å²) in [7, 11) is 0. The molecule has 1 aliphatic carbocycles. The molecule has 2 fully saturated rings. The molecule has 7 heteroatoms. The van der Waals surface area contributed by atoms with E-state index in [4.69, 9.17) is 13.9 Å². The number of hydrogen-bond acceptors (Lipinski definition) is 6. The van der Waals surface area contributed by atoms with Gasteiger partial charge in [0.25, 0.3) is 5.91 Å². The second kappa shape index (κ2) is 9.67. The molecule has 156 valence electrons. The molecule has 1 aliphatic heterocycles. The highest BCUT2D eigenvalue weighted by Gasteiger charge is 2.25. The van der Waals surface area contributed by atoms with E-state index in [1.807, 2.05) is 36.0 Å². The molecule has 0 atom stereocenters. The third-order valence-corrected chi connectivity index (χ3v) is 6.99. The molecule has 29 heavy (non-hydrogen) atoms. The van der Waals surface area contributed by atoms with Crippen molar-refractivity contribution in [3.8, 4) is 0 Å². The zero-order chi connectivity index (χ0) is 20.1. The van der Waals surface area contributed by atoms with E-state index in [0.29, 0.717) is 42.9 Å². The Morgan fingerprint density at radius 1 is 1.10 bits per heavy atom. The number of morpholine rings is 1. The van der Waals surface area contributed by atoms with Gasteiger partial charge in [0, 0.05) is 35.0 Å². The van der Waals surface area contributed by atoms with Crippen molar-refractivity contribution in [2.45, 2.75) is 43.1 Å². The van der Waals surface area contributed by atoms with Gasteiger partial charge in [-0.2, -0.15) is 11.8 Å². The lowest BCUT2D eigenvalue weighted by Crippen LogP contribution is -2.42. The fourth-order valence-electron chi connectivity index (χ4n) is 3.94. The van der Waals surface area contributed by atoms with E-state index >= 15 is 0 Å². The van der Waals surface area contributed by atoms with Gasteiger partial charge in [0.2, 0.25) is 5.76 Å². The number of hydrogen-bond donors (Lipinski definition) is 0. The maximum atomic E-state index is 12.8. The van der Waals surface area contributed by atoms with E-state index < -0.39 is 5.97 Å². The molecule has 2 heterocycles. The van der Waals surface area contributed by atoms with Gasteiger partial charge < -0.3 is 18.8 Å². The quantitative estimate of drug-likeness (QED) is 0.662. The number of amides is 1. The molecule has 0 spiro atoms. The summed E-state index contributed by atoms with van der Waals surface area (Å²) < 4.78 is 16.4. The fourth-order valence-corrected chi connectivity index (χ4v) is 5.29. The van der Waals surface area contributed by atoms with E-state index in [-0.39, 0.29) is 18.3 Å². The molecule has 0 unspecified atom stereocenters. The van der Waals surface area contributed by atoms with Gasteiger partial charge in [-0.1, -0.05) is 37.5 Å². The number of esters is 1. The van der Waals surface area contributed by atoms with Crippen LogP contribution in [0.2, 0.25) is 0 Å².